The van der Waals surface area contributed by atoms with Gasteiger partial charge in [-0.2, -0.15) is 0 Å². The van der Waals surface area contributed by atoms with Crippen LogP contribution in [0.3, 0.4) is 0 Å². The lowest BCUT2D eigenvalue weighted by molar-refractivity contribution is 0.0210. The highest BCUT2D eigenvalue weighted by molar-refractivity contribution is 5.46. The van der Waals surface area contributed by atoms with E-state index in [2.05, 4.69) is 18.3 Å². The third-order valence-electron chi connectivity index (χ3n) is 3.65. The molecule has 1 atom stereocenters. The molecule has 0 radical (unpaired) electrons. The summed E-state index contributed by atoms with van der Waals surface area (Å²) in [6, 6.07) is 8.11. The largest absolute Gasteiger partial charge is 0.399 e. The van der Waals surface area contributed by atoms with Gasteiger partial charge in [0.15, 0.2) is 0 Å². The van der Waals surface area contributed by atoms with Crippen molar-refractivity contribution in [2.24, 2.45) is 0 Å². The zero-order valence-corrected chi connectivity index (χ0v) is 11.2. The van der Waals surface area contributed by atoms with Crippen molar-refractivity contribution in [3.63, 3.8) is 0 Å². The van der Waals surface area contributed by atoms with Gasteiger partial charge in [-0.25, -0.2) is 0 Å². The van der Waals surface area contributed by atoms with E-state index < -0.39 is 0 Å². The molecule has 0 aromatic heterocycles. The lowest BCUT2D eigenvalue weighted by atomic mass is 10.0. The van der Waals surface area contributed by atoms with E-state index in [1.54, 1.807) is 0 Å². The minimum Gasteiger partial charge on any atom is -0.399 e. The zero-order chi connectivity index (χ0) is 12.8. The number of hydrogen-bond acceptors (Lipinski definition) is 3. The van der Waals surface area contributed by atoms with Crippen molar-refractivity contribution in [3.8, 4) is 0 Å². The quantitative estimate of drug-likeness (QED) is 0.600. The Hall–Kier alpha value is -1.06. The van der Waals surface area contributed by atoms with E-state index in [0.29, 0.717) is 0 Å². The fourth-order valence-corrected chi connectivity index (χ4v) is 2.49. The number of hydrogen-bond donors (Lipinski definition) is 2. The Morgan fingerprint density at radius 3 is 2.94 bits per heavy atom. The maximum Gasteiger partial charge on any atom is 0.0779 e. The molecule has 0 aliphatic carbocycles. The highest BCUT2D eigenvalue weighted by Crippen LogP contribution is 2.23. The molecule has 0 bridgehead atoms. The Labute approximate surface area is 110 Å². The van der Waals surface area contributed by atoms with Gasteiger partial charge in [-0.3, -0.25) is 0 Å². The number of nitrogen functional groups attached to an aromatic ring is 1. The highest BCUT2D eigenvalue weighted by atomic mass is 16.5. The van der Waals surface area contributed by atoms with Crippen molar-refractivity contribution < 1.29 is 4.74 Å². The Kier molecular flexibility index (Phi) is 4.61. The van der Waals surface area contributed by atoms with Crippen LogP contribution in [0.25, 0.3) is 0 Å². The van der Waals surface area contributed by atoms with E-state index in [4.69, 9.17) is 10.5 Å². The van der Waals surface area contributed by atoms with E-state index >= 15 is 0 Å². The second kappa shape index (κ2) is 6.21. The van der Waals surface area contributed by atoms with Crippen LogP contribution in [0.1, 0.15) is 31.7 Å². The van der Waals surface area contributed by atoms with Crippen LogP contribution in [0.2, 0.25) is 0 Å². The summed E-state index contributed by atoms with van der Waals surface area (Å²) < 4.78 is 5.74. The molecule has 3 nitrogen and oxygen atoms in total. The molecule has 0 spiro atoms. The molecule has 18 heavy (non-hydrogen) atoms. The standard InChI is InChI=1S/C15H24N2O/c1-15(9-5-11-18-15)12-17-10-4-7-13-6-2-3-8-14(13)16/h2-3,6,8,17H,4-5,7,9-12,16H2,1H3. The molecule has 1 aliphatic heterocycles. The second-order valence-electron chi connectivity index (χ2n) is 5.38. The molecule has 1 aromatic rings. The lowest BCUT2D eigenvalue weighted by Gasteiger charge is -2.23. The first-order valence-electron chi connectivity index (χ1n) is 6.88. The van der Waals surface area contributed by atoms with Crippen molar-refractivity contribution in [2.45, 2.75) is 38.2 Å². The Morgan fingerprint density at radius 2 is 2.22 bits per heavy atom. The van der Waals surface area contributed by atoms with Gasteiger partial charge in [-0.05, 0) is 50.8 Å². The molecule has 3 N–H and O–H groups in total. The summed E-state index contributed by atoms with van der Waals surface area (Å²) >= 11 is 0. The lowest BCUT2D eigenvalue weighted by Crippen LogP contribution is -2.37. The molecule has 1 saturated heterocycles. The fourth-order valence-electron chi connectivity index (χ4n) is 2.49. The van der Waals surface area contributed by atoms with Crippen LogP contribution in [0, 0.1) is 0 Å². The van der Waals surface area contributed by atoms with E-state index in [0.717, 1.165) is 38.2 Å². The molecule has 0 saturated carbocycles. The van der Waals surface area contributed by atoms with Gasteiger partial charge < -0.3 is 15.8 Å². The SMILES string of the molecule is CC1(CNCCCc2ccccc2N)CCCO1. The summed E-state index contributed by atoms with van der Waals surface area (Å²) in [6.07, 6.45) is 4.52. The first-order chi connectivity index (χ1) is 8.70. The maximum atomic E-state index is 5.92. The van der Waals surface area contributed by atoms with E-state index in [9.17, 15) is 0 Å². The molecular formula is C15H24N2O. The molecule has 1 heterocycles. The van der Waals surface area contributed by atoms with Crippen LogP contribution in [-0.4, -0.2) is 25.3 Å². The van der Waals surface area contributed by atoms with Gasteiger partial charge in [-0.15, -0.1) is 0 Å². The average molecular weight is 248 g/mol. The number of nitrogens with two attached hydrogens (primary N) is 1. The van der Waals surface area contributed by atoms with Gasteiger partial charge in [0.2, 0.25) is 0 Å². The zero-order valence-electron chi connectivity index (χ0n) is 11.2. The number of ether oxygens (including phenoxy) is 1. The van der Waals surface area contributed by atoms with Crippen LogP contribution >= 0.6 is 0 Å². The van der Waals surface area contributed by atoms with Crippen molar-refractivity contribution in [1.29, 1.82) is 0 Å². The number of benzene rings is 1. The van der Waals surface area contributed by atoms with E-state index in [1.165, 1.54) is 18.4 Å². The monoisotopic (exact) mass is 248 g/mol. The highest BCUT2D eigenvalue weighted by Gasteiger charge is 2.28. The summed E-state index contributed by atoms with van der Waals surface area (Å²) in [6.45, 7) is 5.09. The second-order valence-corrected chi connectivity index (χ2v) is 5.38. The Bertz CT molecular complexity index is 373. The van der Waals surface area contributed by atoms with Crippen LogP contribution in [0.4, 0.5) is 5.69 Å². The fraction of sp³-hybridized carbons (Fsp3) is 0.600. The molecule has 1 unspecified atom stereocenters. The molecule has 1 fully saturated rings. The topological polar surface area (TPSA) is 47.3 Å². The summed E-state index contributed by atoms with van der Waals surface area (Å²) in [5, 5.41) is 3.49. The van der Waals surface area contributed by atoms with E-state index in [-0.39, 0.29) is 5.60 Å². The predicted molar refractivity (Wildman–Crippen MR) is 75.6 cm³/mol. The van der Waals surface area contributed by atoms with Crippen molar-refractivity contribution in [2.75, 3.05) is 25.4 Å². The molecule has 100 valence electrons. The number of anilines is 1. The van der Waals surface area contributed by atoms with Crippen LogP contribution in [0.5, 0.6) is 0 Å². The summed E-state index contributed by atoms with van der Waals surface area (Å²) in [4.78, 5) is 0. The summed E-state index contributed by atoms with van der Waals surface area (Å²) in [5.41, 5.74) is 8.14. The van der Waals surface area contributed by atoms with Crippen LogP contribution < -0.4 is 11.1 Å². The number of nitrogens with one attached hydrogen (secondary N) is 1. The molecule has 1 aromatic carbocycles. The van der Waals surface area contributed by atoms with Gasteiger partial charge in [0.25, 0.3) is 0 Å². The van der Waals surface area contributed by atoms with Crippen molar-refractivity contribution in [3.05, 3.63) is 29.8 Å². The summed E-state index contributed by atoms with van der Waals surface area (Å²) in [5.74, 6) is 0. The first kappa shape index (κ1) is 13.4. The Morgan fingerprint density at radius 1 is 1.39 bits per heavy atom. The number of rotatable bonds is 6. The first-order valence-corrected chi connectivity index (χ1v) is 6.88. The molecular weight excluding hydrogens is 224 g/mol. The predicted octanol–water partition coefficient (Wildman–Crippen LogP) is 2.36. The molecule has 0 amide bonds. The minimum atomic E-state index is 0.0613. The molecule has 2 rings (SSSR count). The minimum absolute atomic E-state index is 0.0613. The van der Waals surface area contributed by atoms with Gasteiger partial charge in [0, 0.05) is 18.8 Å². The van der Waals surface area contributed by atoms with Gasteiger partial charge in [-0.1, -0.05) is 18.2 Å². The average Bonchev–Trinajstić information content (AvgIpc) is 2.78. The molecule has 3 heteroatoms. The number of para-hydroxylation sites is 1. The normalized spacial score (nSPS) is 23.4. The van der Waals surface area contributed by atoms with Crippen LogP contribution in [-0.2, 0) is 11.2 Å². The van der Waals surface area contributed by atoms with Crippen molar-refractivity contribution >= 4 is 5.69 Å². The van der Waals surface area contributed by atoms with Gasteiger partial charge in [0.1, 0.15) is 0 Å². The van der Waals surface area contributed by atoms with E-state index in [1.807, 2.05) is 18.2 Å². The van der Waals surface area contributed by atoms with Gasteiger partial charge >= 0.3 is 0 Å². The summed E-state index contributed by atoms with van der Waals surface area (Å²) in [7, 11) is 0. The third-order valence-corrected chi connectivity index (χ3v) is 3.65. The van der Waals surface area contributed by atoms with Gasteiger partial charge in [0.05, 0.1) is 5.60 Å². The van der Waals surface area contributed by atoms with Crippen LogP contribution in [0.15, 0.2) is 24.3 Å². The smallest absolute Gasteiger partial charge is 0.0779 e. The number of aryl methyl sites for hydroxylation is 1. The maximum absolute atomic E-state index is 5.92. The third kappa shape index (κ3) is 3.72. The Balaban J connectivity index is 1.63. The molecule has 1 aliphatic rings. The van der Waals surface area contributed by atoms with Crippen molar-refractivity contribution in [1.82, 2.24) is 5.32 Å².